The topological polar surface area (TPSA) is 26.3 Å². The van der Waals surface area contributed by atoms with Crippen LogP contribution >= 0.6 is 0 Å². The highest BCUT2D eigenvalue weighted by atomic mass is 16.5. The van der Waals surface area contributed by atoms with Gasteiger partial charge in [0.05, 0.1) is 13.5 Å². The number of ether oxygens (including phenoxy) is 1. The van der Waals surface area contributed by atoms with E-state index in [-0.39, 0.29) is 11.4 Å². The Morgan fingerprint density at radius 2 is 1.59 bits per heavy atom. The maximum Gasteiger partial charge on any atom is 0.306 e. The zero-order valence-electron chi connectivity index (χ0n) is 12.2. The van der Waals surface area contributed by atoms with E-state index in [9.17, 15) is 4.79 Å². The van der Waals surface area contributed by atoms with Crippen molar-refractivity contribution < 1.29 is 9.53 Å². The molecule has 0 heterocycles. The van der Waals surface area contributed by atoms with Crippen LogP contribution in [0.3, 0.4) is 0 Å². The van der Waals surface area contributed by atoms with E-state index in [0.29, 0.717) is 6.42 Å². The molecule has 2 nitrogen and oxygen atoms in total. The molecule has 2 heteroatoms. The molecule has 0 aromatic heterocycles. The molecule has 102 valence electrons. The fourth-order valence-corrected chi connectivity index (χ4v) is 2.30. The number of carbonyl (C=O) groups excluding carboxylic acids is 1. The maximum absolute atomic E-state index is 11.5. The largest absolute Gasteiger partial charge is 0.469 e. The van der Waals surface area contributed by atoms with Crippen molar-refractivity contribution in [1.29, 1.82) is 0 Å². The third-order valence-electron chi connectivity index (χ3n) is 3.57. The maximum atomic E-state index is 11.5. The first kappa shape index (κ1) is 16.5. The minimum atomic E-state index is -0.0564. The molecule has 0 amide bonds. The standard InChI is InChI=1S/C15H30O2/c1-5-7-9-10-12-15(3,11-8-6-2)13-14(16)17-4/h5-13H2,1-4H3. The van der Waals surface area contributed by atoms with Gasteiger partial charge in [-0.25, -0.2) is 0 Å². The molecule has 0 rings (SSSR count). The van der Waals surface area contributed by atoms with Crippen LogP contribution in [0.5, 0.6) is 0 Å². The van der Waals surface area contributed by atoms with Gasteiger partial charge < -0.3 is 4.74 Å². The van der Waals surface area contributed by atoms with Crippen LogP contribution in [0.15, 0.2) is 0 Å². The molecule has 0 saturated carbocycles. The third-order valence-corrected chi connectivity index (χ3v) is 3.57. The molecule has 0 aliphatic rings. The second-order valence-corrected chi connectivity index (χ2v) is 5.48. The summed E-state index contributed by atoms with van der Waals surface area (Å²) < 4.78 is 4.81. The van der Waals surface area contributed by atoms with Gasteiger partial charge in [0.15, 0.2) is 0 Å². The van der Waals surface area contributed by atoms with E-state index in [4.69, 9.17) is 4.74 Å². The lowest BCUT2D eigenvalue weighted by Gasteiger charge is -2.28. The van der Waals surface area contributed by atoms with E-state index in [2.05, 4.69) is 20.8 Å². The number of hydrogen-bond acceptors (Lipinski definition) is 2. The number of carbonyl (C=O) groups is 1. The third kappa shape index (κ3) is 8.23. The number of unbranched alkanes of at least 4 members (excludes halogenated alkanes) is 4. The van der Waals surface area contributed by atoms with Gasteiger partial charge in [0.25, 0.3) is 0 Å². The lowest BCUT2D eigenvalue weighted by atomic mass is 9.77. The second kappa shape index (κ2) is 9.49. The molecule has 0 aliphatic carbocycles. The van der Waals surface area contributed by atoms with Gasteiger partial charge in [0.2, 0.25) is 0 Å². The van der Waals surface area contributed by atoms with E-state index in [1.54, 1.807) is 0 Å². The Hall–Kier alpha value is -0.530. The molecule has 0 aromatic carbocycles. The van der Waals surface area contributed by atoms with Gasteiger partial charge in [-0.3, -0.25) is 4.79 Å². The Bertz CT molecular complexity index is 201. The van der Waals surface area contributed by atoms with Crippen molar-refractivity contribution in [2.24, 2.45) is 5.41 Å². The van der Waals surface area contributed by atoms with Crippen LogP contribution in [0.1, 0.15) is 78.6 Å². The first-order valence-corrected chi connectivity index (χ1v) is 7.14. The van der Waals surface area contributed by atoms with Crippen LogP contribution in [0.4, 0.5) is 0 Å². The quantitative estimate of drug-likeness (QED) is 0.409. The van der Waals surface area contributed by atoms with E-state index >= 15 is 0 Å². The van der Waals surface area contributed by atoms with E-state index < -0.39 is 0 Å². The first-order valence-electron chi connectivity index (χ1n) is 7.14. The lowest BCUT2D eigenvalue weighted by Crippen LogP contribution is -2.22. The number of rotatable bonds is 10. The Morgan fingerprint density at radius 1 is 1.00 bits per heavy atom. The first-order chi connectivity index (χ1) is 8.08. The van der Waals surface area contributed by atoms with Crippen molar-refractivity contribution in [3.63, 3.8) is 0 Å². The van der Waals surface area contributed by atoms with Crippen LogP contribution in [-0.2, 0) is 9.53 Å². The summed E-state index contributed by atoms with van der Waals surface area (Å²) >= 11 is 0. The van der Waals surface area contributed by atoms with Crippen molar-refractivity contribution in [2.45, 2.75) is 78.6 Å². The van der Waals surface area contributed by atoms with Gasteiger partial charge in [0.1, 0.15) is 0 Å². The summed E-state index contributed by atoms with van der Waals surface area (Å²) in [6.45, 7) is 6.67. The van der Waals surface area contributed by atoms with Crippen LogP contribution in [-0.4, -0.2) is 13.1 Å². The molecule has 0 saturated heterocycles. The van der Waals surface area contributed by atoms with Crippen molar-refractivity contribution in [3.8, 4) is 0 Å². The van der Waals surface area contributed by atoms with Crippen molar-refractivity contribution in [3.05, 3.63) is 0 Å². The average Bonchev–Trinajstić information content (AvgIpc) is 2.32. The number of methoxy groups -OCH3 is 1. The fraction of sp³-hybridized carbons (Fsp3) is 0.933. The zero-order valence-corrected chi connectivity index (χ0v) is 12.2. The van der Waals surface area contributed by atoms with E-state index in [1.165, 1.54) is 45.6 Å². The molecule has 1 atom stereocenters. The molecular weight excluding hydrogens is 212 g/mol. The summed E-state index contributed by atoms with van der Waals surface area (Å²) in [5.41, 5.74) is 0.150. The minimum Gasteiger partial charge on any atom is -0.469 e. The lowest BCUT2D eigenvalue weighted by molar-refractivity contribution is -0.143. The molecule has 1 unspecified atom stereocenters. The van der Waals surface area contributed by atoms with Gasteiger partial charge in [-0.15, -0.1) is 0 Å². The van der Waals surface area contributed by atoms with Gasteiger partial charge in [-0.1, -0.05) is 59.3 Å². The fourth-order valence-electron chi connectivity index (χ4n) is 2.30. The Morgan fingerprint density at radius 3 is 2.12 bits per heavy atom. The van der Waals surface area contributed by atoms with Gasteiger partial charge >= 0.3 is 5.97 Å². The van der Waals surface area contributed by atoms with Crippen LogP contribution in [0, 0.1) is 5.41 Å². The Labute approximate surface area is 107 Å². The van der Waals surface area contributed by atoms with Crippen LogP contribution in [0.25, 0.3) is 0 Å². The Kier molecular flexibility index (Phi) is 9.20. The highest BCUT2D eigenvalue weighted by Crippen LogP contribution is 2.34. The molecule has 0 aliphatic heterocycles. The summed E-state index contributed by atoms with van der Waals surface area (Å²) in [5.74, 6) is -0.0564. The summed E-state index contributed by atoms with van der Waals surface area (Å²) in [4.78, 5) is 11.5. The summed E-state index contributed by atoms with van der Waals surface area (Å²) in [5, 5.41) is 0. The highest BCUT2D eigenvalue weighted by molar-refractivity contribution is 5.70. The summed E-state index contributed by atoms with van der Waals surface area (Å²) in [7, 11) is 1.49. The van der Waals surface area contributed by atoms with Crippen molar-refractivity contribution in [1.82, 2.24) is 0 Å². The molecule has 0 radical (unpaired) electrons. The number of hydrogen-bond donors (Lipinski definition) is 0. The van der Waals surface area contributed by atoms with Gasteiger partial charge in [0, 0.05) is 0 Å². The molecule has 0 bridgehead atoms. The highest BCUT2D eigenvalue weighted by Gasteiger charge is 2.26. The predicted molar refractivity (Wildman–Crippen MR) is 73.0 cm³/mol. The minimum absolute atomic E-state index is 0.0564. The summed E-state index contributed by atoms with van der Waals surface area (Å²) in [6.07, 6.45) is 10.4. The van der Waals surface area contributed by atoms with Crippen molar-refractivity contribution in [2.75, 3.05) is 7.11 Å². The van der Waals surface area contributed by atoms with E-state index in [1.807, 2.05) is 0 Å². The average molecular weight is 242 g/mol. The molecule has 0 spiro atoms. The van der Waals surface area contributed by atoms with E-state index in [0.717, 1.165) is 12.8 Å². The van der Waals surface area contributed by atoms with Crippen molar-refractivity contribution >= 4 is 5.97 Å². The molecule has 0 aromatic rings. The monoisotopic (exact) mass is 242 g/mol. The van der Waals surface area contributed by atoms with Gasteiger partial charge in [-0.05, 0) is 18.3 Å². The van der Waals surface area contributed by atoms with Gasteiger partial charge in [-0.2, -0.15) is 0 Å². The Balaban J connectivity index is 4.13. The molecule has 0 N–H and O–H groups in total. The second-order valence-electron chi connectivity index (χ2n) is 5.48. The number of esters is 1. The zero-order chi connectivity index (χ0) is 13.1. The summed E-state index contributed by atoms with van der Waals surface area (Å²) in [6, 6.07) is 0. The SMILES string of the molecule is CCCCCCC(C)(CCCC)CC(=O)OC. The predicted octanol–water partition coefficient (Wildman–Crippen LogP) is 4.72. The van der Waals surface area contributed by atoms with Crippen LogP contribution in [0.2, 0.25) is 0 Å². The molecule has 17 heavy (non-hydrogen) atoms. The van der Waals surface area contributed by atoms with Crippen LogP contribution < -0.4 is 0 Å². The normalized spacial score (nSPS) is 14.4. The molecule has 0 fully saturated rings. The molecular formula is C15H30O2. The smallest absolute Gasteiger partial charge is 0.306 e.